The summed E-state index contributed by atoms with van der Waals surface area (Å²) < 4.78 is 0. The Morgan fingerprint density at radius 2 is 2.00 bits per heavy atom. The van der Waals surface area contributed by atoms with Crippen molar-refractivity contribution in [1.82, 2.24) is 10.6 Å². The molecule has 0 aromatic carbocycles. The number of unbranched alkanes of at least 4 members (excludes halogenated alkanes) is 2. The van der Waals surface area contributed by atoms with Gasteiger partial charge in [-0.3, -0.25) is 4.79 Å². The number of aliphatic carboxylic acids is 1. The first-order valence-electron chi connectivity index (χ1n) is 6.84. The number of rotatable bonds is 7. The van der Waals surface area contributed by atoms with E-state index in [1.54, 1.807) is 0 Å². The molecule has 18 heavy (non-hydrogen) atoms. The van der Waals surface area contributed by atoms with Crippen LogP contribution in [-0.2, 0) is 4.79 Å². The Hall–Kier alpha value is -1.26. The Bertz CT molecular complexity index is 281. The molecule has 3 N–H and O–H groups in total. The summed E-state index contributed by atoms with van der Waals surface area (Å²) in [5.74, 6) is -0.0395. The minimum absolute atomic E-state index is 0.0904. The van der Waals surface area contributed by atoms with Gasteiger partial charge in [0.2, 0.25) is 0 Å². The predicted molar refractivity (Wildman–Crippen MR) is 69.4 cm³/mol. The zero-order valence-corrected chi connectivity index (χ0v) is 11.1. The molecule has 5 nitrogen and oxygen atoms in total. The maximum atomic E-state index is 11.5. The highest BCUT2D eigenvalue weighted by Gasteiger charge is 2.22. The quantitative estimate of drug-likeness (QED) is 0.610. The smallest absolute Gasteiger partial charge is 0.315 e. The number of carbonyl (C=O) groups is 2. The highest BCUT2D eigenvalue weighted by molar-refractivity contribution is 5.74. The van der Waals surface area contributed by atoms with E-state index in [0.29, 0.717) is 24.9 Å². The summed E-state index contributed by atoms with van der Waals surface area (Å²) in [6.45, 7) is 2.83. The third kappa shape index (κ3) is 6.47. The summed E-state index contributed by atoms with van der Waals surface area (Å²) in [7, 11) is 0. The maximum absolute atomic E-state index is 11.5. The molecule has 0 spiro atoms. The highest BCUT2D eigenvalue weighted by Crippen LogP contribution is 2.24. The standard InChI is InChI=1S/C13H24N2O3/c1-10-6-7-11(9-10)15-13(18)14-8-4-2-3-5-12(16)17/h10-11H,2-9H2,1H3,(H,16,17)(H2,14,15,18). The fraction of sp³-hybridized carbons (Fsp3) is 0.846. The number of hydrogen-bond acceptors (Lipinski definition) is 2. The van der Waals surface area contributed by atoms with Crippen molar-refractivity contribution in [3.63, 3.8) is 0 Å². The van der Waals surface area contributed by atoms with Crippen LogP contribution in [0.1, 0.15) is 51.9 Å². The molecule has 1 aliphatic rings. The van der Waals surface area contributed by atoms with Crippen LogP contribution >= 0.6 is 0 Å². The maximum Gasteiger partial charge on any atom is 0.315 e. The van der Waals surface area contributed by atoms with Crippen molar-refractivity contribution in [2.45, 2.75) is 57.9 Å². The largest absolute Gasteiger partial charge is 0.481 e. The minimum atomic E-state index is -0.754. The van der Waals surface area contributed by atoms with Gasteiger partial charge in [0.25, 0.3) is 0 Å². The fourth-order valence-corrected chi connectivity index (χ4v) is 2.35. The molecule has 1 rings (SSSR count). The van der Waals surface area contributed by atoms with Crippen LogP contribution in [0.2, 0.25) is 0 Å². The SMILES string of the molecule is CC1CCC(NC(=O)NCCCCCC(=O)O)C1. The van der Waals surface area contributed by atoms with E-state index in [0.717, 1.165) is 25.7 Å². The minimum Gasteiger partial charge on any atom is -0.481 e. The van der Waals surface area contributed by atoms with E-state index in [4.69, 9.17) is 5.11 Å². The first-order chi connectivity index (χ1) is 8.58. The Morgan fingerprint density at radius 1 is 1.22 bits per heavy atom. The van der Waals surface area contributed by atoms with E-state index < -0.39 is 5.97 Å². The van der Waals surface area contributed by atoms with Crippen molar-refractivity contribution in [2.24, 2.45) is 5.92 Å². The molecule has 0 saturated heterocycles. The van der Waals surface area contributed by atoms with Gasteiger partial charge in [0.15, 0.2) is 0 Å². The summed E-state index contributed by atoms with van der Waals surface area (Å²) >= 11 is 0. The third-order valence-electron chi connectivity index (χ3n) is 3.38. The molecule has 1 fully saturated rings. The van der Waals surface area contributed by atoms with Crippen LogP contribution in [0.5, 0.6) is 0 Å². The van der Waals surface area contributed by atoms with Gasteiger partial charge in [0.05, 0.1) is 0 Å². The normalized spacial score (nSPS) is 22.7. The summed E-state index contributed by atoms with van der Waals surface area (Å²) in [5.41, 5.74) is 0. The van der Waals surface area contributed by atoms with Crippen LogP contribution in [0.3, 0.4) is 0 Å². The molecule has 0 heterocycles. The van der Waals surface area contributed by atoms with Gasteiger partial charge in [0, 0.05) is 19.0 Å². The first kappa shape index (κ1) is 14.8. The molecule has 2 unspecified atom stereocenters. The number of carboxylic acids is 1. The van der Waals surface area contributed by atoms with Gasteiger partial charge in [0.1, 0.15) is 0 Å². The van der Waals surface area contributed by atoms with Crippen molar-refractivity contribution >= 4 is 12.0 Å². The third-order valence-corrected chi connectivity index (χ3v) is 3.38. The molecule has 0 aromatic heterocycles. The topological polar surface area (TPSA) is 78.4 Å². The van der Waals surface area contributed by atoms with Crippen LogP contribution < -0.4 is 10.6 Å². The van der Waals surface area contributed by atoms with E-state index in [2.05, 4.69) is 17.6 Å². The van der Waals surface area contributed by atoms with Crippen molar-refractivity contribution in [2.75, 3.05) is 6.54 Å². The lowest BCUT2D eigenvalue weighted by Gasteiger charge is -2.13. The van der Waals surface area contributed by atoms with Gasteiger partial charge in [-0.1, -0.05) is 13.3 Å². The summed E-state index contributed by atoms with van der Waals surface area (Å²) in [5, 5.41) is 14.2. The molecule has 5 heteroatoms. The lowest BCUT2D eigenvalue weighted by Crippen LogP contribution is -2.41. The molecule has 2 atom stereocenters. The molecule has 0 radical (unpaired) electrons. The molecular formula is C13H24N2O3. The van der Waals surface area contributed by atoms with Gasteiger partial charge >= 0.3 is 12.0 Å². The van der Waals surface area contributed by atoms with Crippen LogP contribution in [0.15, 0.2) is 0 Å². The molecule has 1 aliphatic carbocycles. The Balaban J connectivity index is 1.95. The number of carbonyl (C=O) groups excluding carboxylic acids is 1. The summed E-state index contributed by atoms with van der Waals surface area (Å²) in [4.78, 5) is 21.8. The first-order valence-corrected chi connectivity index (χ1v) is 6.84. The van der Waals surface area contributed by atoms with Crippen LogP contribution in [0.4, 0.5) is 4.79 Å². The van der Waals surface area contributed by atoms with Gasteiger partial charge in [-0.25, -0.2) is 4.79 Å². The van der Waals surface area contributed by atoms with E-state index in [1.807, 2.05) is 0 Å². The van der Waals surface area contributed by atoms with E-state index >= 15 is 0 Å². The predicted octanol–water partition coefficient (Wildman–Crippen LogP) is 2.12. The molecule has 104 valence electrons. The number of carboxylic acid groups (broad SMARTS) is 1. The lowest BCUT2D eigenvalue weighted by molar-refractivity contribution is -0.137. The second-order valence-corrected chi connectivity index (χ2v) is 5.22. The van der Waals surface area contributed by atoms with Crippen molar-refractivity contribution in [3.8, 4) is 0 Å². The Kier molecular flexibility index (Phi) is 6.54. The average Bonchev–Trinajstić information content (AvgIpc) is 2.68. The lowest BCUT2D eigenvalue weighted by atomic mass is 10.1. The molecule has 0 bridgehead atoms. The molecule has 1 saturated carbocycles. The van der Waals surface area contributed by atoms with E-state index in [1.165, 1.54) is 6.42 Å². The monoisotopic (exact) mass is 256 g/mol. The molecule has 0 aromatic rings. The number of nitrogens with one attached hydrogen (secondary N) is 2. The highest BCUT2D eigenvalue weighted by atomic mass is 16.4. The van der Waals surface area contributed by atoms with Crippen molar-refractivity contribution in [3.05, 3.63) is 0 Å². The van der Waals surface area contributed by atoms with Crippen molar-refractivity contribution < 1.29 is 14.7 Å². The van der Waals surface area contributed by atoms with Crippen LogP contribution in [0.25, 0.3) is 0 Å². The second kappa shape index (κ2) is 7.95. The number of hydrogen-bond donors (Lipinski definition) is 3. The molecule has 2 amide bonds. The second-order valence-electron chi connectivity index (χ2n) is 5.22. The number of urea groups is 1. The van der Waals surface area contributed by atoms with Crippen molar-refractivity contribution in [1.29, 1.82) is 0 Å². The fourth-order valence-electron chi connectivity index (χ4n) is 2.35. The number of amides is 2. The Morgan fingerprint density at radius 3 is 2.61 bits per heavy atom. The Labute approximate surface area is 108 Å². The summed E-state index contributed by atoms with van der Waals surface area (Å²) in [6.07, 6.45) is 5.92. The van der Waals surface area contributed by atoms with Gasteiger partial charge in [-0.2, -0.15) is 0 Å². The summed E-state index contributed by atoms with van der Waals surface area (Å²) in [6, 6.07) is 0.236. The van der Waals surface area contributed by atoms with E-state index in [9.17, 15) is 9.59 Å². The average molecular weight is 256 g/mol. The van der Waals surface area contributed by atoms with Gasteiger partial charge in [-0.05, 0) is 38.0 Å². The zero-order chi connectivity index (χ0) is 13.4. The van der Waals surface area contributed by atoms with Gasteiger partial charge < -0.3 is 15.7 Å². The molecular weight excluding hydrogens is 232 g/mol. The van der Waals surface area contributed by atoms with Crippen LogP contribution in [-0.4, -0.2) is 29.7 Å². The zero-order valence-electron chi connectivity index (χ0n) is 11.1. The van der Waals surface area contributed by atoms with Crippen LogP contribution in [0, 0.1) is 5.92 Å². The van der Waals surface area contributed by atoms with Gasteiger partial charge in [-0.15, -0.1) is 0 Å². The molecule has 0 aliphatic heterocycles. The van der Waals surface area contributed by atoms with E-state index in [-0.39, 0.29) is 12.5 Å².